The summed E-state index contributed by atoms with van der Waals surface area (Å²) in [5.74, 6) is -0.203. The van der Waals surface area contributed by atoms with Crippen molar-refractivity contribution in [3.05, 3.63) is 65.2 Å². The van der Waals surface area contributed by atoms with Crippen LogP contribution in [0.3, 0.4) is 0 Å². The number of nitrogens with zero attached hydrogens (tertiary/aromatic N) is 1. The SMILES string of the molecule is CCc1ccc(C(=O)Nc2ccccc2C#N)cc1. The van der Waals surface area contributed by atoms with E-state index in [2.05, 4.69) is 18.3 Å². The van der Waals surface area contributed by atoms with E-state index in [1.165, 1.54) is 5.56 Å². The smallest absolute Gasteiger partial charge is 0.255 e. The lowest BCUT2D eigenvalue weighted by atomic mass is 10.1. The maximum atomic E-state index is 12.1. The Labute approximate surface area is 112 Å². The summed E-state index contributed by atoms with van der Waals surface area (Å²) < 4.78 is 0. The molecule has 0 fully saturated rings. The molecule has 0 aliphatic carbocycles. The van der Waals surface area contributed by atoms with Crippen molar-refractivity contribution in [1.82, 2.24) is 0 Å². The molecule has 0 aliphatic heterocycles. The van der Waals surface area contributed by atoms with Gasteiger partial charge in [0.25, 0.3) is 5.91 Å². The van der Waals surface area contributed by atoms with Gasteiger partial charge in [-0.1, -0.05) is 31.2 Å². The first-order valence-corrected chi connectivity index (χ1v) is 6.14. The van der Waals surface area contributed by atoms with Crippen molar-refractivity contribution in [2.24, 2.45) is 0 Å². The summed E-state index contributed by atoms with van der Waals surface area (Å²) in [4.78, 5) is 12.1. The first kappa shape index (κ1) is 12.8. The molecule has 3 nitrogen and oxygen atoms in total. The molecule has 2 rings (SSSR count). The van der Waals surface area contributed by atoms with Gasteiger partial charge in [-0.05, 0) is 36.2 Å². The number of anilines is 1. The summed E-state index contributed by atoms with van der Waals surface area (Å²) in [6.45, 7) is 2.07. The molecule has 0 unspecified atom stereocenters. The van der Waals surface area contributed by atoms with E-state index in [4.69, 9.17) is 5.26 Å². The minimum atomic E-state index is -0.203. The molecule has 3 heteroatoms. The quantitative estimate of drug-likeness (QED) is 0.908. The number of amides is 1. The lowest BCUT2D eigenvalue weighted by Gasteiger charge is -2.07. The Morgan fingerprint density at radius 1 is 1.16 bits per heavy atom. The normalized spacial score (nSPS) is 9.68. The number of rotatable bonds is 3. The van der Waals surface area contributed by atoms with E-state index in [0.717, 1.165) is 6.42 Å². The van der Waals surface area contributed by atoms with Crippen molar-refractivity contribution >= 4 is 11.6 Å². The number of carbonyl (C=O) groups is 1. The lowest BCUT2D eigenvalue weighted by Crippen LogP contribution is -2.12. The van der Waals surface area contributed by atoms with Gasteiger partial charge in [-0.2, -0.15) is 5.26 Å². The monoisotopic (exact) mass is 250 g/mol. The van der Waals surface area contributed by atoms with Crippen LogP contribution in [0.25, 0.3) is 0 Å². The highest BCUT2D eigenvalue weighted by Crippen LogP contribution is 2.15. The molecule has 0 heterocycles. The fourth-order valence-corrected chi connectivity index (χ4v) is 1.78. The van der Waals surface area contributed by atoms with Crippen LogP contribution in [0.2, 0.25) is 0 Å². The zero-order chi connectivity index (χ0) is 13.7. The van der Waals surface area contributed by atoms with E-state index in [1.807, 2.05) is 12.1 Å². The molecule has 1 N–H and O–H groups in total. The van der Waals surface area contributed by atoms with Gasteiger partial charge < -0.3 is 5.32 Å². The first-order chi connectivity index (χ1) is 9.24. The zero-order valence-corrected chi connectivity index (χ0v) is 10.7. The number of nitrogens with one attached hydrogen (secondary N) is 1. The molecule has 0 saturated heterocycles. The molecule has 0 aliphatic rings. The number of aryl methyl sites for hydroxylation is 1. The van der Waals surface area contributed by atoms with E-state index in [0.29, 0.717) is 16.8 Å². The fraction of sp³-hybridized carbons (Fsp3) is 0.125. The van der Waals surface area contributed by atoms with Crippen LogP contribution in [0.5, 0.6) is 0 Å². The number of para-hydroxylation sites is 1. The van der Waals surface area contributed by atoms with Crippen LogP contribution < -0.4 is 5.32 Å². The number of nitriles is 1. The molecule has 1 amide bonds. The predicted octanol–water partition coefficient (Wildman–Crippen LogP) is 3.37. The molecule has 0 aromatic heterocycles. The molecular weight excluding hydrogens is 236 g/mol. The van der Waals surface area contributed by atoms with Gasteiger partial charge in [0.15, 0.2) is 0 Å². The van der Waals surface area contributed by atoms with Crippen LogP contribution in [0, 0.1) is 11.3 Å². The minimum absolute atomic E-state index is 0.203. The molecular formula is C16H14N2O. The highest BCUT2D eigenvalue weighted by Gasteiger charge is 2.08. The Kier molecular flexibility index (Phi) is 3.94. The third-order valence-electron chi connectivity index (χ3n) is 2.92. The Bertz CT molecular complexity index is 624. The molecule has 0 atom stereocenters. The van der Waals surface area contributed by atoms with E-state index in [9.17, 15) is 4.79 Å². The predicted molar refractivity (Wildman–Crippen MR) is 74.9 cm³/mol. The van der Waals surface area contributed by atoms with E-state index >= 15 is 0 Å². The zero-order valence-electron chi connectivity index (χ0n) is 10.7. The highest BCUT2D eigenvalue weighted by molar-refractivity contribution is 6.04. The van der Waals surface area contributed by atoms with Gasteiger partial charge in [0.1, 0.15) is 6.07 Å². The maximum Gasteiger partial charge on any atom is 0.255 e. The summed E-state index contributed by atoms with van der Waals surface area (Å²) in [5, 5.41) is 11.7. The molecule has 2 aromatic carbocycles. The lowest BCUT2D eigenvalue weighted by molar-refractivity contribution is 0.102. The van der Waals surface area contributed by atoms with Crippen molar-refractivity contribution in [2.75, 3.05) is 5.32 Å². The average molecular weight is 250 g/mol. The minimum Gasteiger partial charge on any atom is -0.321 e. The Morgan fingerprint density at radius 2 is 1.84 bits per heavy atom. The highest BCUT2D eigenvalue weighted by atomic mass is 16.1. The number of hydrogen-bond acceptors (Lipinski definition) is 2. The number of carbonyl (C=O) groups excluding carboxylic acids is 1. The van der Waals surface area contributed by atoms with Gasteiger partial charge in [0.05, 0.1) is 11.3 Å². The summed E-state index contributed by atoms with van der Waals surface area (Å²) in [6.07, 6.45) is 0.944. The molecule has 94 valence electrons. The Balaban J connectivity index is 2.18. The van der Waals surface area contributed by atoms with E-state index in [1.54, 1.807) is 36.4 Å². The summed E-state index contributed by atoms with van der Waals surface area (Å²) in [6, 6.07) is 16.5. The number of benzene rings is 2. The standard InChI is InChI=1S/C16H14N2O/c1-2-12-7-9-13(10-8-12)16(19)18-15-6-4-3-5-14(15)11-17/h3-10H,2H2,1H3,(H,18,19). The fourth-order valence-electron chi connectivity index (χ4n) is 1.78. The van der Waals surface area contributed by atoms with Gasteiger partial charge in [0.2, 0.25) is 0 Å². The second-order valence-corrected chi connectivity index (χ2v) is 4.16. The summed E-state index contributed by atoms with van der Waals surface area (Å²) >= 11 is 0. The first-order valence-electron chi connectivity index (χ1n) is 6.14. The largest absolute Gasteiger partial charge is 0.321 e. The van der Waals surface area contributed by atoms with Gasteiger partial charge in [-0.15, -0.1) is 0 Å². The van der Waals surface area contributed by atoms with Gasteiger partial charge in [-0.25, -0.2) is 0 Å². The third-order valence-corrected chi connectivity index (χ3v) is 2.92. The molecule has 0 radical (unpaired) electrons. The van der Waals surface area contributed by atoms with Crippen molar-refractivity contribution < 1.29 is 4.79 Å². The van der Waals surface area contributed by atoms with Crippen molar-refractivity contribution in [3.63, 3.8) is 0 Å². The van der Waals surface area contributed by atoms with Crippen LogP contribution in [-0.2, 0) is 6.42 Å². The van der Waals surface area contributed by atoms with Crippen molar-refractivity contribution in [2.45, 2.75) is 13.3 Å². The summed E-state index contributed by atoms with van der Waals surface area (Å²) in [7, 11) is 0. The topological polar surface area (TPSA) is 52.9 Å². The van der Waals surface area contributed by atoms with Crippen molar-refractivity contribution in [3.8, 4) is 6.07 Å². The molecule has 0 saturated carbocycles. The van der Waals surface area contributed by atoms with Crippen LogP contribution in [0.15, 0.2) is 48.5 Å². The Hall–Kier alpha value is -2.60. The average Bonchev–Trinajstić information content (AvgIpc) is 2.48. The van der Waals surface area contributed by atoms with Gasteiger partial charge >= 0.3 is 0 Å². The van der Waals surface area contributed by atoms with E-state index in [-0.39, 0.29) is 5.91 Å². The molecule has 2 aromatic rings. The third kappa shape index (κ3) is 2.99. The Morgan fingerprint density at radius 3 is 2.47 bits per heavy atom. The summed E-state index contributed by atoms with van der Waals surface area (Å²) in [5.41, 5.74) is 2.77. The van der Waals surface area contributed by atoms with Crippen LogP contribution in [-0.4, -0.2) is 5.91 Å². The second-order valence-electron chi connectivity index (χ2n) is 4.16. The van der Waals surface area contributed by atoms with E-state index < -0.39 is 0 Å². The van der Waals surface area contributed by atoms with Crippen molar-refractivity contribution in [1.29, 1.82) is 5.26 Å². The van der Waals surface area contributed by atoms with Crippen LogP contribution in [0.4, 0.5) is 5.69 Å². The van der Waals surface area contributed by atoms with Gasteiger partial charge in [-0.3, -0.25) is 4.79 Å². The van der Waals surface area contributed by atoms with Crippen LogP contribution in [0.1, 0.15) is 28.4 Å². The molecule has 19 heavy (non-hydrogen) atoms. The molecule has 0 spiro atoms. The maximum absolute atomic E-state index is 12.1. The molecule has 0 bridgehead atoms. The van der Waals surface area contributed by atoms with Gasteiger partial charge in [0, 0.05) is 5.56 Å². The van der Waals surface area contributed by atoms with Crippen LogP contribution >= 0.6 is 0 Å². The number of hydrogen-bond donors (Lipinski definition) is 1. The second kappa shape index (κ2) is 5.83.